The molecular weight excluding hydrogens is 246 g/mol. The van der Waals surface area contributed by atoms with E-state index in [1.54, 1.807) is 6.20 Å². The van der Waals surface area contributed by atoms with E-state index >= 15 is 0 Å². The Morgan fingerprint density at radius 3 is 2.68 bits per heavy atom. The largest absolute Gasteiger partial charge is 0.310 e. The van der Waals surface area contributed by atoms with Gasteiger partial charge in [0.25, 0.3) is 0 Å². The minimum absolute atomic E-state index is 0.208. The lowest BCUT2D eigenvalue weighted by atomic mass is 10.0. The second-order valence-corrected chi connectivity index (χ2v) is 4.30. The van der Waals surface area contributed by atoms with E-state index < -0.39 is 11.6 Å². The van der Waals surface area contributed by atoms with Crippen LogP contribution in [0.5, 0.6) is 0 Å². The predicted octanol–water partition coefficient (Wildman–Crippen LogP) is 3.25. The van der Waals surface area contributed by atoms with Crippen molar-refractivity contribution in [2.24, 2.45) is 0 Å². The molecule has 0 aliphatic carbocycles. The van der Waals surface area contributed by atoms with Gasteiger partial charge in [-0.1, -0.05) is 19.1 Å². The molecule has 1 heterocycles. The third-order valence-corrected chi connectivity index (χ3v) is 2.93. The maximum absolute atomic E-state index is 13.8. The summed E-state index contributed by atoms with van der Waals surface area (Å²) in [7, 11) is 0. The Bertz CT molecular complexity index is 529. The van der Waals surface area contributed by atoms with Gasteiger partial charge in [0.2, 0.25) is 0 Å². The van der Waals surface area contributed by atoms with Crippen molar-refractivity contribution in [3.05, 3.63) is 65.5 Å². The molecule has 0 saturated heterocycles. The molecule has 0 fully saturated rings. The van der Waals surface area contributed by atoms with Crippen molar-refractivity contribution < 1.29 is 8.78 Å². The zero-order chi connectivity index (χ0) is 13.7. The van der Waals surface area contributed by atoms with Crippen molar-refractivity contribution >= 4 is 0 Å². The molecule has 0 saturated carbocycles. The number of hydrogen-bond donors (Lipinski definition) is 1. The van der Waals surface area contributed by atoms with Crippen LogP contribution in [0, 0.1) is 11.6 Å². The Morgan fingerprint density at radius 1 is 1.21 bits per heavy atom. The Balaban J connectivity index is 2.24. The topological polar surface area (TPSA) is 24.9 Å². The molecule has 0 radical (unpaired) electrons. The van der Waals surface area contributed by atoms with Crippen molar-refractivity contribution in [1.82, 2.24) is 10.3 Å². The summed E-state index contributed by atoms with van der Waals surface area (Å²) in [4.78, 5) is 4.24. The highest BCUT2D eigenvalue weighted by molar-refractivity contribution is 5.24. The van der Waals surface area contributed by atoms with E-state index in [9.17, 15) is 8.78 Å². The Hall–Kier alpha value is -1.81. The first kappa shape index (κ1) is 13.6. The van der Waals surface area contributed by atoms with Gasteiger partial charge in [-0.25, -0.2) is 8.78 Å². The molecule has 0 spiro atoms. The van der Waals surface area contributed by atoms with Gasteiger partial charge in [-0.3, -0.25) is 4.98 Å². The monoisotopic (exact) mass is 262 g/mol. The lowest BCUT2D eigenvalue weighted by molar-refractivity contribution is 0.499. The van der Waals surface area contributed by atoms with Crippen LogP contribution in [0.25, 0.3) is 0 Å². The van der Waals surface area contributed by atoms with Crippen LogP contribution in [-0.2, 0) is 6.42 Å². The van der Waals surface area contributed by atoms with Crippen molar-refractivity contribution in [3.63, 3.8) is 0 Å². The first-order chi connectivity index (χ1) is 9.20. The molecule has 1 atom stereocenters. The molecule has 100 valence electrons. The highest BCUT2D eigenvalue weighted by atomic mass is 19.1. The average molecular weight is 262 g/mol. The fraction of sp³-hybridized carbons (Fsp3) is 0.267. The second-order valence-electron chi connectivity index (χ2n) is 4.30. The van der Waals surface area contributed by atoms with Gasteiger partial charge in [0, 0.05) is 36.0 Å². The average Bonchev–Trinajstić information content (AvgIpc) is 2.39. The van der Waals surface area contributed by atoms with Gasteiger partial charge in [-0.15, -0.1) is 0 Å². The predicted molar refractivity (Wildman–Crippen MR) is 70.7 cm³/mol. The summed E-state index contributed by atoms with van der Waals surface area (Å²) < 4.78 is 26.8. The minimum atomic E-state index is -0.561. The Labute approximate surface area is 111 Å². The van der Waals surface area contributed by atoms with Gasteiger partial charge in [-0.2, -0.15) is 0 Å². The van der Waals surface area contributed by atoms with E-state index in [1.165, 1.54) is 12.1 Å². The van der Waals surface area contributed by atoms with Crippen molar-refractivity contribution in [2.75, 3.05) is 6.54 Å². The number of halogens is 2. The first-order valence-electron chi connectivity index (χ1n) is 6.29. The van der Waals surface area contributed by atoms with Crippen molar-refractivity contribution in [1.29, 1.82) is 0 Å². The van der Waals surface area contributed by atoms with Crippen LogP contribution in [0.15, 0.2) is 42.6 Å². The van der Waals surface area contributed by atoms with Gasteiger partial charge in [0.1, 0.15) is 11.6 Å². The van der Waals surface area contributed by atoms with Crippen molar-refractivity contribution in [2.45, 2.75) is 19.4 Å². The third-order valence-electron chi connectivity index (χ3n) is 2.93. The minimum Gasteiger partial charge on any atom is -0.310 e. The second kappa shape index (κ2) is 6.38. The summed E-state index contributed by atoms with van der Waals surface area (Å²) in [5.41, 5.74) is 1.34. The van der Waals surface area contributed by atoms with Crippen LogP contribution in [-0.4, -0.2) is 11.5 Å². The lowest BCUT2D eigenvalue weighted by Gasteiger charge is -2.18. The Kier molecular flexibility index (Phi) is 4.58. The number of aromatic nitrogens is 1. The molecule has 1 N–H and O–H groups in total. The SMILES string of the molecule is CCNC(Cc1ccccn1)c1ccc(F)cc1F. The number of nitrogens with one attached hydrogen (secondary N) is 1. The molecule has 19 heavy (non-hydrogen) atoms. The fourth-order valence-corrected chi connectivity index (χ4v) is 2.05. The smallest absolute Gasteiger partial charge is 0.130 e. The number of likely N-dealkylation sites (N-methyl/N-ethyl adjacent to an activating group) is 1. The summed E-state index contributed by atoms with van der Waals surface area (Å²) in [6.45, 7) is 2.65. The summed E-state index contributed by atoms with van der Waals surface area (Å²) in [5, 5.41) is 3.21. The molecule has 0 aliphatic rings. The molecule has 2 aromatic rings. The molecule has 0 amide bonds. The number of benzene rings is 1. The number of hydrogen-bond acceptors (Lipinski definition) is 2. The maximum atomic E-state index is 13.8. The number of rotatable bonds is 5. The number of nitrogens with zero attached hydrogens (tertiary/aromatic N) is 1. The van der Waals surface area contributed by atoms with Crippen LogP contribution >= 0.6 is 0 Å². The van der Waals surface area contributed by atoms with Crippen LogP contribution < -0.4 is 5.32 Å². The third kappa shape index (κ3) is 3.58. The van der Waals surface area contributed by atoms with Gasteiger partial charge < -0.3 is 5.32 Å². The maximum Gasteiger partial charge on any atom is 0.130 e. The highest BCUT2D eigenvalue weighted by Gasteiger charge is 2.16. The lowest BCUT2D eigenvalue weighted by Crippen LogP contribution is -2.24. The van der Waals surface area contributed by atoms with Crippen LogP contribution in [0.3, 0.4) is 0 Å². The summed E-state index contributed by atoms with van der Waals surface area (Å²) in [6.07, 6.45) is 2.27. The van der Waals surface area contributed by atoms with E-state index in [4.69, 9.17) is 0 Å². The van der Waals surface area contributed by atoms with E-state index in [0.717, 1.165) is 11.8 Å². The molecule has 0 aliphatic heterocycles. The standard InChI is InChI=1S/C15H16F2N2/c1-2-18-15(10-12-5-3-4-8-19-12)13-7-6-11(16)9-14(13)17/h3-9,15,18H,2,10H2,1H3. The van der Waals surface area contributed by atoms with Gasteiger partial charge in [-0.05, 0) is 24.7 Å². The van der Waals surface area contributed by atoms with E-state index in [1.807, 2.05) is 25.1 Å². The van der Waals surface area contributed by atoms with E-state index in [2.05, 4.69) is 10.3 Å². The molecule has 1 aromatic heterocycles. The summed E-state index contributed by atoms with van der Waals surface area (Å²) in [6, 6.07) is 9.10. The molecular formula is C15H16F2N2. The molecule has 2 rings (SSSR count). The zero-order valence-corrected chi connectivity index (χ0v) is 10.7. The zero-order valence-electron chi connectivity index (χ0n) is 10.7. The molecule has 1 unspecified atom stereocenters. The molecule has 0 bridgehead atoms. The van der Waals surface area contributed by atoms with E-state index in [0.29, 0.717) is 18.5 Å². The van der Waals surface area contributed by atoms with Crippen LogP contribution in [0.2, 0.25) is 0 Å². The Morgan fingerprint density at radius 2 is 2.05 bits per heavy atom. The van der Waals surface area contributed by atoms with Gasteiger partial charge in [0.05, 0.1) is 0 Å². The summed E-state index contributed by atoms with van der Waals surface area (Å²) in [5.74, 6) is -1.09. The molecule has 1 aromatic carbocycles. The molecule has 4 heteroatoms. The van der Waals surface area contributed by atoms with Crippen molar-refractivity contribution in [3.8, 4) is 0 Å². The van der Waals surface area contributed by atoms with Gasteiger partial charge >= 0.3 is 0 Å². The molecule has 2 nitrogen and oxygen atoms in total. The first-order valence-corrected chi connectivity index (χ1v) is 6.29. The fourth-order valence-electron chi connectivity index (χ4n) is 2.05. The van der Waals surface area contributed by atoms with Crippen LogP contribution in [0.4, 0.5) is 8.78 Å². The van der Waals surface area contributed by atoms with Gasteiger partial charge in [0.15, 0.2) is 0 Å². The quantitative estimate of drug-likeness (QED) is 0.894. The van der Waals surface area contributed by atoms with E-state index in [-0.39, 0.29) is 6.04 Å². The highest BCUT2D eigenvalue weighted by Crippen LogP contribution is 2.21. The summed E-state index contributed by atoms with van der Waals surface area (Å²) >= 11 is 0. The van der Waals surface area contributed by atoms with Crippen LogP contribution in [0.1, 0.15) is 24.2 Å². The normalized spacial score (nSPS) is 12.4. The number of pyridine rings is 1.